The molecular formula is C26H29N3O4S. The summed E-state index contributed by atoms with van der Waals surface area (Å²) in [4.78, 5) is 30.7. The van der Waals surface area contributed by atoms with Crippen LogP contribution in [0.1, 0.15) is 48.3 Å². The first kappa shape index (κ1) is 23.8. The second kappa shape index (κ2) is 10.7. The van der Waals surface area contributed by atoms with Crippen LogP contribution in [-0.4, -0.2) is 42.5 Å². The highest BCUT2D eigenvalue weighted by Gasteiger charge is 2.28. The average Bonchev–Trinajstić information content (AvgIpc) is 3.25. The smallest absolute Gasteiger partial charge is 0.223 e. The van der Waals surface area contributed by atoms with Crippen LogP contribution >= 0.6 is 11.3 Å². The highest BCUT2D eigenvalue weighted by molar-refractivity contribution is 7.17. The SMILES string of the molecule is CCOc1ccc(N2CC(Oc3ccc([C@H](C)CC(=O)c4cnc(NC(C)=O)s4)cc3)C2)cc1. The number of anilines is 2. The third kappa shape index (κ3) is 5.94. The highest BCUT2D eigenvalue weighted by Crippen LogP contribution is 2.29. The Morgan fingerprint density at radius 3 is 2.44 bits per heavy atom. The van der Waals surface area contributed by atoms with Crippen molar-refractivity contribution in [2.75, 3.05) is 29.9 Å². The van der Waals surface area contributed by atoms with Gasteiger partial charge >= 0.3 is 0 Å². The number of rotatable bonds is 10. The third-order valence-electron chi connectivity index (χ3n) is 5.67. The van der Waals surface area contributed by atoms with E-state index in [0.717, 1.165) is 30.2 Å². The number of carbonyl (C=O) groups is 2. The van der Waals surface area contributed by atoms with Gasteiger partial charge in [0.1, 0.15) is 17.6 Å². The Kier molecular flexibility index (Phi) is 7.47. The fourth-order valence-electron chi connectivity index (χ4n) is 3.82. The lowest BCUT2D eigenvalue weighted by molar-refractivity contribution is -0.114. The van der Waals surface area contributed by atoms with E-state index in [1.165, 1.54) is 30.1 Å². The van der Waals surface area contributed by atoms with Crippen LogP contribution in [0.2, 0.25) is 0 Å². The first-order valence-electron chi connectivity index (χ1n) is 11.4. The summed E-state index contributed by atoms with van der Waals surface area (Å²) in [6.45, 7) is 7.78. The summed E-state index contributed by atoms with van der Waals surface area (Å²) in [7, 11) is 0. The Bertz CT molecular complexity index is 1120. The number of carbonyl (C=O) groups excluding carboxylic acids is 2. The summed E-state index contributed by atoms with van der Waals surface area (Å²) in [6.07, 6.45) is 2.05. The van der Waals surface area contributed by atoms with Crippen LogP contribution in [0, 0.1) is 0 Å². The quantitative estimate of drug-likeness (QED) is 0.405. The van der Waals surface area contributed by atoms with Gasteiger partial charge in [-0.05, 0) is 54.8 Å². The van der Waals surface area contributed by atoms with E-state index in [4.69, 9.17) is 9.47 Å². The zero-order chi connectivity index (χ0) is 24.1. The first-order chi connectivity index (χ1) is 16.4. The maximum absolute atomic E-state index is 12.6. The molecule has 2 aromatic carbocycles. The summed E-state index contributed by atoms with van der Waals surface area (Å²) in [6, 6.07) is 16.1. The van der Waals surface area contributed by atoms with Crippen molar-refractivity contribution >= 4 is 33.8 Å². The van der Waals surface area contributed by atoms with E-state index in [1.54, 1.807) is 0 Å². The van der Waals surface area contributed by atoms with Crippen molar-refractivity contribution in [1.82, 2.24) is 4.98 Å². The predicted octanol–water partition coefficient (Wildman–Crippen LogP) is 5.14. The van der Waals surface area contributed by atoms with Gasteiger partial charge in [0.25, 0.3) is 0 Å². The fraction of sp³-hybridized carbons (Fsp3) is 0.346. The van der Waals surface area contributed by atoms with Gasteiger partial charge in [0.05, 0.1) is 30.8 Å². The van der Waals surface area contributed by atoms with Gasteiger partial charge in [-0.15, -0.1) is 0 Å². The lowest BCUT2D eigenvalue weighted by Crippen LogP contribution is -2.54. The van der Waals surface area contributed by atoms with E-state index in [-0.39, 0.29) is 23.7 Å². The molecule has 178 valence electrons. The molecule has 2 heterocycles. The standard InChI is InChI=1S/C26H29N3O4S/c1-4-32-21-11-7-20(8-12-21)29-15-23(16-29)33-22-9-5-19(6-10-22)17(2)13-24(31)25-14-27-26(34-25)28-18(3)30/h5-12,14,17,23H,4,13,15-16H2,1-3H3,(H,27,28,30)/t17-/m1/s1. The van der Waals surface area contributed by atoms with Gasteiger partial charge in [-0.1, -0.05) is 30.4 Å². The summed E-state index contributed by atoms with van der Waals surface area (Å²) >= 11 is 1.20. The Hall–Kier alpha value is -3.39. The molecule has 34 heavy (non-hydrogen) atoms. The maximum atomic E-state index is 12.6. The largest absolute Gasteiger partial charge is 0.494 e. The van der Waals surface area contributed by atoms with Crippen LogP contribution in [0.4, 0.5) is 10.8 Å². The molecule has 0 bridgehead atoms. The molecule has 1 aliphatic heterocycles. The summed E-state index contributed by atoms with van der Waals surface area (Å²) in [5.41, 5.74) is 2.25. The van der Waals surface area contributed by atoms with Crippen LogP contribution in [0.25, 0.3) is 0 Å². The van der Waals surface area contributed by atoms with Gasteiger partial charge in [-0.25, -0.2) is 4.98 Å². The molecule has 1 saturated heterocycles. The first-order valence-corrected chi connectivity index (χ1v) is 12.2. The average molecular weight is 480 g/mol. The Labute approximate surface area is 203 Å². The molecule has 4 rings (SSSR count). The van der Waals surface area contributed by atoms with E-state index >= 15 is 0 Å². The van der Waals surface area contributed by atoms with Crippen molar-refractivity contribution in [1.29, 1.82) is 0 Å². The van der Waals surface area contributed by atoms with E-state index in [0.29, 0.717) is 23.0 Å². The van der Waals surface area contributed by atoms with Crippen molar-refractivity contribution in [3.63, 3.8) is 0 Å². The summed E-state index contributed by atoms with van der Waals surface area (Å²) < 4.78 is 11.6. The normalized spacial score (nSPS) is 14.3. The number of aromatic nitrogens is 1. The van der Waals surface area contributed by atoms with E-state index in [9.17, 15) is 9.59 Å². The molecule has 8 heteroatoms. The van der Waals surface area contributed by atoms with Crippen LogP contribution in [0.3, 0.4) is 0 Å². The minimum atomic E-state index is -0.199. The number of thiazole rings is 1. The van der Waals surface area contributed by atoms with Gasteiger partial charge in [0.15, 0.2) is 10.9 Å². The molecule has 1 atom stereocenters. The third-order valence-corrected chi connectivity index (χ3v) is 6.62. The number of amides is 1. The van der Waals surface area contributed by atoms with Crippen molar-refractivity contribution in [3.05, 3.63) is 65.2 Å². The molecule has 1 amide bonds. The van der Waals surface area contributed by atoms with Crippen molar-refractivity contribution in [2.45, 2.75) is 39.2 Å². The molecule has 0 spiro atoms. The number of ketones is 1. The highest BCUT2D eigenvalue weighted by atomic mass is 32.1. The van der Waals surface area contributed by atoms with Gasteiger partial charge < -0.3 is 19.7 Å². The number of benzene rings is 2. The lowest BCUT2D eigenvalue weighted by Gasteiger charge is -2.40. The summed E-state index contributed by atoms with van der Waals surface area (Å²) in [5.74, 6) is 1.60. The summed E-state index contributed by atoms with van der Waals surface area (Å²) in [5, 5.41) is 3.06. The number of hydrogen-bond acceptors (Lipinski definition) is 7. The molecule has 0 aliphatic carbocycles. The number of nitrogens with zero attached hydrogens (tertiary/aromatic N) is 2. The van der Waals surface area contributed by atoms with Gasteiger partial charge in [0, 0.05) is 19.0 Å². The second-order valence-electron chi connectivity index (χ2n) is 8.38. The number of nitrogens with one attached hydrogen (secondary N) is 1. The van der Waals surface area contributed by atoms with Gasteiger partial charge in [-0.2, -0.15) is 0 Å². The topological polar surface area (TPSA) is 80.8 Å². The fourth-order valence-corrected chi connectivity index (χ4v) is 4.63. The zero-order valence-electron chi connectivity index (χ0n) is 19.6. The molecule has 1 aromatic heterocycles. The molecule has 0 unspecified atom stereocenters. The van der Waals surface area contributed by atoms with E-state index < -0.39 is 0 Å². The number of hydrogen-bond donors (Lipinski definition) is 1. The molecule has 1 aliphatic rings. The Morgan fingerprint density at radius 1 is 1.12 bits per heavy atom. The Balaban J connectivity index is 1.25. The van der Waals surface area contributed by atoms with Gasteiger partial charge in [0.2, 0.25) is 5.91 Å². The van der Waals surface area contributed by atoms with Crippen molar-refractivity contribution in [3.8, 4) is 11.5 Å². The molecular weight excluding hydrogens is 450 g/mol. The van der Waals surface area contributed by atoms with Crippen LogP contribution in [0.5, 0.6) is 11.5 Å². The lowest BCUT2D eigenvalue weighted by atomic mass is 9.95. The van der Waals surface area contributed by atoms with Crippen LogP contribution in [0.15, 0.2) is 54.7 Å². The maximum Gasteiger partial charge on any atom is 0.223 e. The van der Waals surface area contributed by atoms with Crippen LogP contribution in [-0.2, 0) is 4.79 Å². The van der Waals surface area contributed by atoms with Crippen molar-refractivity contribution < 1.29 is 19.1 Å². The Morgan fingerprint density at radius 2 is 1.79 bits per heavy atom. The predicted molar refractivity (Wildman–Crippen MR) is 134 cm³/mol. The van der Waals surface area contributed by atoms with Crippen molar-refractivity contribution in [2.24, 2.45) is 0 Å². The zero-order valence-corrected chi connectivity index (χ0v) is 20.4. The van der Waals surface area contributed by atoms with E-state index in [2.05, 4.69) is 27.3 Å². The molecule has 0 radical (unpaired) electrons. The molecule has 1 N–H and O–H groups in total. The monoisotopic (exact) mass is 479 g/mol. The minimum absolute atomic E-state index is 0.0192. The number of ether oxygens (including phenoxy) is 2. The van der Waals surface area contributed by atoms with E-state index in [1.807, 2.05) is 50.2 Å². The molecule has 1 fully saturated rings. The van der Waals surface area contributed by atoms with Crippen LogP contribution < -0.4 is 19.7 Å². The second-order valence-corrected chi connectivity index (χ2v) is 9.41. The minimum Gasteiger partial charge on any atom is -0.494 e. The van der Waals surface area contributed by atoms with Gasteiger partial charge in [-0.3, -0.25) is 9.59 Å². The molecule has 0 saturated carbocycles. The molecule has 7 nitrogen and oxygen atoms in total. The number of Topliss-reactive ketones (excluding diaryl/α,β-unsaturated/α-hetero) is 1. The molecule has 3 aromatic rings.